The molecule has 0 spiro atoms. The number of hydrogen-bond acceptors (Lipinski definition) is 3. The standard InChI is InChI=1S/C15H14FNO3/c1-20-12-5-3-11(4-6-12)17-9-10-2-7-13(15(18)19)14(16)8-10/h2-8,17H,9H2,1H3,(H,18,19). The highest BCUT2D eigenvalue weighted by Gasteiger charge is 2.10. The Morgan fingerprint density at radius 2 is 1.95 bits per heavy atom. The first kappa shape index (κ1) is 13.9. The topological polar surface area (TPSA) is 58.6 Å². The lowest BCUT2D eigenvalue weighted by Crippen LogP contribution is -2.04. The van der Waals surface area contributed by atoms with Crippen molar-refractivity contribution in [2.75, 3.05) is 12.4 Å². The Hall–Kier alpha value is -2.56. The van der Waals surface area contributed by atoms with E-state index in [9.17, 15) is 9.18 Å². The number of benzene rings is 2. The zero-order valence-electron chi connectivity index (χ0n) is 10.9. The van der Waals surface area contributed by atoms with Gasteiger partial charge in [-0.1, -0.05) is 6.07 Å². The summed E-state index contributed by atoms with van der Waals surface area (Å²) in [5.41, 5.74) is 1.22. The van der Waals surface area contributed by atoms with Crippen LogP contribution in [0.1, 0.15) is 15.9 Å². The second kappa shape index (κ2) is 6.06. The van der Waals surface area contributed by atoms with Gasteiger partial charge in [0.25, 0.3) is 0 Å². The zero-order valence-corrected chi connectivity index (χ0v) is 10.9. The summed E-state index contributed by atoms with van der Waals surface area (Å²) in [6, 6.07) is 11.4. The molecule has 0 heterocycles. The van der Waals surface area contributed by atoms with E-state index in [1.807, 2.05) is 24.3 Å². The van der Waals surface area contributed by atoms with Crippen molar-refractivity contribution < 1.29 is 19.0 Å². The molecule has 104 valence electrons. The van der Waals surface area contributed by atoms with Gasteiger partial charge in [-0.15, -0.1) is 0 Å². The number of aromatic carboxylic acids is 1. The van der Waals surface area contributed by atoms with E-state index in [1.54, 1.807) is 13.2 Å². The van der Waals surface area contributed by atoms with Crippen molar-refractivity contribution in [3.8, 4) is 5.75 Å². The maximum Gasteiger partial charge on any atom is 0.338 e. The van der Waals surface area contributed by atoms with Crippen LogP contribution < -0.4 is 10.1 Å². The molecule has 2 rings (SSSR count). The number of halogens is 1. The van der Waals surface area contributed by atoms with E-state index in [-0.39, 0.29) is 5.56 Å². The molecule has 0 unspecified atom stereocenters. The summed E-state index contributed by atoms with van der Waals surface area (Å²) in [6.07, 6.45) is 0. The van der Waals surface area contributed by atoms with Gasteiger partial charge in [-0.05, 0) is 42.0 Å². The van der Waals surface area contributed by atoms with Crippen LogP contribution in [0.15, 0.2) is 42.5 Å². The van der Waals surface area contributed by atoms with E-state index in [2.05, 4.69) is 5.32 Å². The summed E-state index contributed by atoms with van der Waals surface area (Å²) < 4.78 is 18.6. The van der Waals surface area contributed by atoms with E-state index < -0.39 is 11.8 Å². The summed E-state index contributed by atoms with van der Waals surface area (Å²) >= 11 is 0. The highest BCUT2D eigenvalue weighted by Crippen LogP contribution is 2.17. The highest BCUT2D eigenvalue weighted by atomic mass is 19.1. The van der Waals surface area contributed by atoms with Crippen LogP contribution in [0.2, 0.25) is 0 Å². The van der Waals surface area contributed by atoms with Gasteiger partial charge in [0, 0.05) is 12.2 Å². The molecule has 0 saturated heterocycles. The molecule has 0 fully saturated rings. The lowest BCUT2D eigenvalue weighted by atomic mass is 10.1. The van der Waals surface area contributed by atoms with Crippen LogP contribution in [0.25, 0.3) is 0 Å². The Morgan fingerprint density at radius 1 is 1.25 bits per heavy atom. The average Bonchev–Trinajstić information content (AvgIpc) is 2.45. The molecule has 2 aromatic rings. The Morgan fingerprint density at radius 3 is 2.50 bits per heavy atom. The average molecular weight is 275 g/mol. The minimum Gasteiger partial charge on any atom is -0.497 e. The first-order chi connectivity index (χ1) is 9.60. The summed E-state index contributed by atoms with van der Waals surface area (Å²) in [7, 11) is 1.59. The van der Waals surface area contributed by atoms with Gasteiger partial charge < -0.3 is 15.2 Å². The molecule has 2 N–H and O–H groups in total. The predicted molar refractivity (Wildman–Crippen MR) is 73.7 cm³/mol. The third kappa shape index (κ3) is 3.26. The number of rotatable bonds is 5. The second-order valence-corrected chi connectivity index (χ2v) is 4.20. The normalized spacial score (nSPS) is 10.1. The molecule has 0 aliphatic carbocycles. The van der Waals surface area contributed by atoms with E-state index >= 15 is 0 Å². The van der Waals surface area contributed by atoms with Crippen LogP contribution >= 0.6 is 0 Å². The van der Waals surface area contributed by atoms with Gasteiger partial charge in [-0.3, -0.25) is 0 Å². The van der Waals surface area contributed by atoms with Crippen molar-refractivity contribution in [1.82, 2.24) is 0 Å². The molecular formula is C15H14FNO3. The van der Waals surface area contributed by atoms with Crippen LogP contribution in [-0.4, -0.2) is 18.2 Å². The van der Waals surface area contributed by atoms with Gasteiger partial charge in [0.1, 0.15) is 11.6 Å². The van der Waals surface area contributed by atoms with Crippen LogP contribution in [0.4, 0.5) is 10.1 Å². The van der Waals surface area contributed by atoms with Crippen molar-refractivity contribution in [3.63, 3.8) is 0 Å². The first-order valence-corrected chi connectivity index (χ1v) is 6.00. The molecule has 0 saturated carbocycles. The summed E-state index contributed by atoms with van der Waals surface area (Å²) in [5, 5.41) is 11.9. The fourth-order valence-electron chi connectivity index (χ4n) is 1.76. The van der Waals surface area contributed by atoms with Crippen molar-refractivity contribution in [1.29, 1.82) is 0 Å². The first-order valence-electron chi connectivity index (χ1n) is 6.00. The van der Waals surface area contributed by atoms with Crippen molar-refractivity contribution in [3.05, 3.63) is 59.4 Å². The molecule has 0 aromatic heterocycles. The minimum atomic E-state index is -1.27. The summed E-state index contributed by atoms with van der Waals surface area (Å²) in [5.74, 6) is -1.24. The van der Waals surface area contributed by atoms with Gasteiger partial charge in [-0.2, -0.15) is 0 Å². The van der Waals surface area contributed by atoms with Gasteiger partial charge in [0.05, 0.1) is 12.7 Å². The zero-order chi connectivity index (χ0) is 14.5. The Bertz CT molecular complexity index is 611. The fourth-order valence-corrected chi connectivity index (χ4v) is 1.76. The summed E-state index contributed by atoms with van der Waals surface area (Å²) in [4.78, 5) is 10.7. The largest absolute Gasteiger partial charge is 0.497 e. The number of carboxylic acids is 1. The highest BCUT2D eigenvalue weighted by molar-refractivity contribution is 5.87. The van der Waals surface area contributed by atoms with Crippen LogP contribution in [-0.2, 0) is 6.54 Å². The maximum atomic E-state index is 13.5. The number of nitrogens with one attached hydrogen (secondary N) is 1. The molecule has 0 aliphatic rings. The molecule has 5 heteroatoms. The van der Waals surface area contributed by atoms with E-state index in [4.69, 9.17) is 9.84 Å². The van der Waals surface area contributed by atoms with Crippen molar-refractivity contribution >= 4 is 11.7 Å². The molecule has 0 bridgehead atoms. The lowest BCUT2D eigenvalue weighted by Gasteiger charge is -2.08. The molecule has 20 heavy (non-hydrogen) atoms. The third-order valence-corrected chi connectivity index (χ3v) is 2.85. The maximum absolute atomic E-state index is 13.5. The van der Waals surface area contributed by atoms with Crippen LogP contribution in [0.3, 0.4) is 0 Å². The number of hydrogen-bond donors (Lipinski definition) is 2. The van der Waals surface area contributed by atoms with Gasteiger partial charge >= 0.3 is 5.97 Å². The Labute approximate surface area is 115 Å². The van der Waals surface area contributed by atoms with E-state index in [0.717, 1.165) is 11.4 Å². The monoisotopic (exact) mass is 275 g/mol. The van der Waals surface area contributed by atoms with Crippen LogP contribution in [0.5, 0.6) is 5.75 Å². The van der Waals surface area contributed by atoms with Crippen molar-refractivity contribution in [2.24, 2.45) is 0 Å². The third-order valence-electron chi connectivity index (χ3n) is 2.85. The quantitative estimate of drug-likeness (QED) is 0.880. The van der Waals surface area contributed by atoms with Gasteiger partial charge in [-0.25, -0.2) is 9.18 Å². The molecule has 4 nitrogen and oxygen atoms in total. The number of methoxy groups -OCH3 is 1. The van der Waals surface area contributed by atoms with Crippen molar-refractivity contribution in [2.45, 2.75) is 6.54 Å². The molecular weight excluding hydrogens is 261 g/mol. The number of carboxylic acid groups (broad SMARTS) is 1. The molecule has 0 aliphatic heterocycles. The molecule has 0 atom stereocenters. The lowest BCUT2D eigenvalue weighted by molar-refractivity contribution is 0.0692. The van der Waals surface area contributed by atoms with Gasteiger partial charge in [0.2, 0.25) is 0 Å². The molecule has 0 amide bonds. The number of ether oxygens (including phenoxy) is 1. The number of carbonyl (C=O) groups is 1. The predicted octanol–water partition coefficient (Wildman–Crippen LogP) is 3.14. The minimum absolute atomic E-state index is 0.321. The van der Waals surface area contributed by atoms with E-state index in [0.29, 0.717) is 12.1 Å². The van der Waals surface area contributed by atoms with E-state index in [1.165, 1.54) is 12.1 Å². The smallest absolute Gasteiger partial charge is 0.338 e. The molecule has 2 aromatic carbocycles. The summed E-state index contributed by atoms with van der Waals surface area (Å²) in [6.45, 7) is 0.406. The molecule has 0 radical (unpaired) electrons. The van der Waals surface area contributed by atoms with Crippen LogP contribution in [0, 0.1) is 5.82 Å². The second-order valence-electron chi connectivity index (χ2n) is 4.20. The number of anilines is 1. The van der Waals surface area contributed by atoms with Gasteiger partial charge in [0.15, 0.2) is 0 Å². The Balaban J connectivity index is 2.03. The fraction of sp³-hybridized carbons (Fsp3) is 0.133. The Kier molecular flexibility index (Phi) is 4.20. The SMILES string of the molecule is COc1ccc(NCc2ccc(C(=O)O)c(F)c2)cc1.